The number of amides is 2. The number of alkyl halides is 3. The summed E-state index contributed by atoms with van der Waals surface area (Å²) in [7, 11) is 1.17. The number of aliphatic hydroxyl groups is 1. The Morgan fingerprint density at radius 1 is 1.10 bits per heavy atom. The molecule has 0 saturated carbocycles. The molecule has 0 aliphatic rings. The lowest BCUT2D eigenvalue weighted by Crippen LogP contribution is -2.38. The first kappa shape index (κ1) is 30.1. The number of aromatic nitrogens is 1. The summed E-state index contributed by atoms with van der Waals surface area (Å²) in [5, 5.41) is 12.4. The second kappa shape index (κ2) is 11.8. The van der Waals surface area contributed by atoms with Gasteiger partial charge >= 0.3 is 6.18 Å². The second-order valence-corrected chi connectivity index (χ2v) is 9.91. The van der Waals surface area contributed by atoms with Gasteiger partial charge in [0, 0.05) is 41.5 Å². The summed E-state index contributed by atoms with van der Waals surface area (Å²) >= 11 is 12.3. The van der Waals surface area contributed by atoms with Gasteiger partial charge in [-0.1, -0.05) is 29.3 Å². The van der Waals surface area contributed by atoms with E-state index in [1.54, 1.807) is 0 Å². The van der Waals surface area contributed by atoms with Crippen molar-refractivity contribution in [2.45, 2.75) is 25.6 Å². The summed E-state index contributed by atoms with van der Waals surface area (Å²) in [6.45, 7) is 1.28. The van der Waals surface area contributed by atoms with Crippen molar-refractivity contribution in [2.24, 2.45) is 0 Å². The van der Waals surface area contributed by atoms with Gasteiger partial charge in [0.25, 0.3) is 11.8 Å². The van der Waals surface area contributed by atoms with Gasteiger partial charge in [-0.15, -0.1) is 0 Å². The van der Waals surface area contributed by atoms with Gasteiger partial charge in [-0.05, 0) is 50.2 Å². The molecule has 2 amide bonds. The SMILES string of the molecule is CN(C(=O)c1c(F)cccc1Cl)c1ncc(-c2cc(C(=O)NCC(C)(C)O)ccc2Cl)cc1OCC(F)(F)F. The first-order chi connectivity index (χ1) is 18.1. The van der Waals surface area contributed by atoms with Crippen LogP contribution in [0.5, 0.6) is 5.75 Å². The van der Waals surface area contributed by atoms with E-state index in [0.717, 1.165) is 11.0 Å². The molecule has 3 rings (SSSR count). The number of hydrogen-bond donors (Lipinski definition) is 2. The number of anilines is 1. The van der Waals surface area contributed by atoms with Gasteiger partial charge in [0.15, 0.2) is 18.2 Å². The van der Waals surface area contributed by atoms with E-state index in [4.69, 9.17) is 27.9 Å². The highest BCUT2D eigenvalue weighted by molar-refractivity contribution is 6.34. The van der Waals surface area contributed by atoms with E-state index in [1.807, 2.05) is 0 Å². The van der Waals surface area contributed by atoms with E-state index >= 15 is 0 Å². The number of nitrogens with one attached hydrogen (secondary N) is 1. The summed E-state index contributed by atoms with van der Waals surface area (Å²) in [5.74, 6) is -3.23. The Bertz CT molecular complexity index is 1370. The predicted molar refractivity (Wildman–Crippen MR) is 139 cm³/mol. The first-order valence-corrected chi connectivity index (χ1v) is 12.0. The number of carbonyl (C=O) groups is 2. The van der Waals surface area contributed by atoms with Crippen molar-refractivity contribution >= 4 is 40.8 Å². The van der Waals surface area contributed by atoms with Crippen molar-refractivity contribution in [2.75, 3.05) is 25.1 Å². The van der Waals surface area contributed by atoms with Crippen molar-refractivity contribution in [1.82, 2.24) is 10.3 Å². The minimum absolute atomic E-state index is 0.0398. The van der Waals surface area contributed by atoms with Gasteiger partial charge in [-0.3, -0.25) is 14.5 Å². The molecule has 1 heterocycles. The lowest BCUT2D eigenvalue weighted by Gasteiger charge is -2.22. The Hall–Kier alpha value is -3.41. The van der Waals surface area contributed by atoms with Crippen molar-refractivity contribution in [3.63, 3.8) is 0 Å². The molecular formula is C26H23Cl2F4N3O4. The van der Waals surface area contributed by atoms with E-state index in [1.165, 1.54) is 63.5 Å². The van der Waals surface area contributed by atoms with Crippen LogP contribution in [0.15, 0.2) is 48.7 Å². The minimum atomic E-state index is -4.72. The third kappa shape index (κ3) is 7.81. The third-order valence-electron chi connectivity index (χ3n) is 5.24. The van der Waals surface area contributed by atoms with E-state index in [2.05, 4.69) is 10.3 Å². The maximum Gasteiger partial charge on any atom is 0.422 e. The molecule has 0 bridgehead atoms. The molecule has 2 aromatic carbocycles. The fourth-order valence-electron chi connectivity index (χ4n) is 3.35. The molecule has 3 aromatic rings. The average Bonchev–Trinajstić information content (AvgIpc) is 2.84. The zero-order chi connectivity index (χ0) is 29.1. The summed E-state index contributed by atoms with van der Waals surface area (Å²) in [4.78, 5) is 30.5. The number of halogens is 6. The van der Waals surface area contributed by atoms with E-state index < -0.39 is 47.3 Å². The Kier molecular flexibility index (Phi) is 9.09. The van der Waals surface area contributed by atoms with Crippen molar-refractivity contribution in [3.8, 4) is 16.9 Å². The van der Waals surface area contributed by atoms with Crippen LogP contribution in [-0.4, -0.2) is 53.9 Å². The molecule has 0 fully saturated rings. The fraction of sp³-hybridized carbons (Fsp3) is 0.269. The molecule has 13 heteroatoms. The number of benzene rings is 2. The highest BCUT2D eigenvalue weighted by Gasteiger charge is 2.31. The van der Waals surface area contributed by atoms with E-state index in [9.17, 15) is 32.3 Å². The molecule has 0 atom stereocenters. The summed E-state index contributed by atoms with van der Waals surface area (Å²) in [6.07, 6.45) is -3.51. The zero-order valence-corrected chi connectivity index (χ0v) is 22.4. The molecule has 208 valence electrons. The van der Waals surface area contributed by atoms with Gasteiger partial charge in [0.2, 0.25) is 0 Å². The van der Waals surface area contributed by atoms with Crippen LogP contribution in [0.4, 0.5) is 23.4 Å². The predicted octanol–water partition coefficient (Wildman–Crippen LogP) is 5.91. The van der Waals surface area contributed by atoms with Crippen LogP contribution in [0.3, 0.4) is 0 Å². The molecule has 1 aromatic heterocycles. The lowest BCUT2D eigenvalue weighted by molar-refractivity contribution is -0.153. The lowest BCUT2D eigenvalue weighted by atomic mass is 10.0. The summed E-state index contributed by atoms with van der Waals surface area (Å²) in [5.41, 5.74) is -1.10. The number of carbonyl (C=O) groups excluding carboxylic acids is 2. The highest BCUT2D eigenvalue weighted by atomic mass is 35.5. The van der Waals surface area contributed by atoms with Crippen molar-refractivity contribution in [1.29, 1.82) is 0 Å². The quantitative estimate of drug-likeness (QED) is 0.319. The van der Waals surface area contributed by atoms with Crippen LogP contribution in [0, 0.1) is 5.82 Å². The second-order valence-electron chi connectivity index (χ2n) is 9.10. The molecule has 0 spiro atoms. The smallest absolute Gasteiger partial charge is 0.422 e. The zero-order valence-electron chi connectivity index (χ0n) is 20.9. The number of hydrogen-bond acceptors (Lipinski definition) is 5. The molecular weight excluding hydrogens is 565 g/mol. The van der Waals surface area contributed by atoms with Gasteiger partial charge in [-0.25, -0.2) is 9.37 Å². The van der Waals surface area contributed by atoms with Crippen LogP contribution in [0.2, 0.25) is 10.0 Å². The van der Waals surface area contributed by atoms with E-state index in [-0.39, 0.29) is 39.1 Å². The van der Waals surface area contributed by atoms with Crippen LogP contribution in [-0.2, 0) is 0 Å². The standard InChI is InChI=1S/C26H23Cl2F4N3O4/c1-25(2,38)12-34-23(36)14-7-8-17(27)16(9-14)15-10-20(39-13-26(30,31)32)22(33-11-15)35(3)24(37)21-18(28)5-4-6-19(21)29/h4-11,38H,12-13H2,1-3H3,(H,34,36). The van der Waals surface area contributed by atoms with Gasteiger partial charge in [0.05, 0.1) is 16.2 Å². The van der Waals surface area contributed by atoms with Crippen LogP contribution in [0.1, 0.15) is 34.6 Å². The normalized spacial score (nSPS) is 11.7. The largest absolute Gasteiger partial charge is 0.480 e. The first-order valence-electron chi connectivity index (χ1n) is 11.3. The fourth-order valence-corrected chi connectivity index (χ4v) is 3.83. The molecule has 0 aliphatic carbocycles. The van der Waals surface area contributed by atoms with Crippen LogP contribution >= 0.6 is 23.2 Å². The maximum absolute atomic E-state index is 14.3. The molecule has 0 unspecified atom stereocenters. The van der Waals surface area contributed by atoms with Gasteiger partial charge in [0.1, 0.15) is 5.82 Å². The highest BCUT2D eigenvalue weighted by Crippen LogP contribution is 2.36. The van der Waals surface area contributed by atoms with E-state index in [0.29, 0.717) is 0 Å². The molecule has 7 nitrogen and oxygen atoms in total. The molecule has 2 N–H and O–H groups in total. The molecule has 0 aliphatic heterocycles. The summed E-state index contributed by atoms with van der Waals surface area (Å²) in [6, 6.07) is 8.99. The van der Waals surface area contributed by atoms with Gasteiger partial charge < -0.3 is 15.2 Å². The third-order valence-corrected chi connectivity index (χ3v) is 5.89. The number of rotatable bonds is 8. The maximum atomic E-state index is 14.3. The monoisotopic (exact) mass is 587 g/mol. The Morgan fingerprint density at radius 3 is 2.41 bits per heavy atom. The van der Waals surface area contributed by atoms with Crippen molar-refractivity contribution < 1.29 is 37.0 Å². The molecule has 0 radical (unpaired) electrons. The summed E-state index contributed by atoms with van der Waals surface area (Å²) < 4.78 is 58.3. The average molecular weight is 588 g/mol. The Balaban J connectivity index is 2.03. The van der Waals surface area contributed by atoms with Crippen LogP contribution in [0.25, 0.3) is 11.1 Å². The van der Waals surface area contributed by atoms with Crippen molar-refractivity contribution in [3.05, 3.63) is 75.7 Å². The molecule has 39 heavy (non-hydrogen) atoms. The number of nitrogens with zero attached hydrogens (tertiary/aromatic N) is 2. The number of pyridine rings is 1. The Morgan fingerprint density at radius 2 is 1.79 bits per heavy atom. The number of ether oxygens (including phenoxy) is 1. The minimum Gasteiger partial charge on any atom is -0.480 e. The van der Waals surface area contributed by atoms with Crippen LogP contribution < -0.4 is 15.0 Å². The van der Waals surface area contributed by atoms with Gasteiger partial charge in [-0.2, -0.15) is 13.2 Å². The topological polar surface area (TPSA) is 91.8 Å². The molecule has 0 saturated heterocycles. The Labute approximate surface area is 231 Å².